The summed E-state index contributed by atoms with van der Waals surface area (Å²) in [5.41, 5.74) is -0.588. The van der Waals surface area contributed by atoms with Crippen molar-refractivity contribution in [3.63, 3.8) is 0 Å². The Morgan fingerprint density at radius 1 is 1.19 bits per heavy atom. The van der Waals surface area contributed by atoms with E-state index in [2.05, 4.69) is 25.1 Å². The summed E-state index contributed by atoms with van der Waals surface area (Å²) in [5, 5.41) is 11.4. The first-order valence-corrected chi connectivity index (χ1v) is 8.73. The van der Waals surface area contributed by atoms with Crippen LogP contribution in [0.25, 0.3) is 11.0 Å². The van der Waals surface area contributed by atoms with Crippen LogP contribution in [0.3, 0.4) is 0 Å². The smallest absolute Gasteiger partial charge is 0.332 e. The van der Waals surface area contributed by atoms with Gasteiger partial charge in [-0.2, -0.15) is 0 Å². The molecule has 0 fully saturated rings. The normalized spacial score (nSPS) is 13.1. The van der Waals surface area contributed by atoms with Gasteiger partial charge >= 0.3 is 5.69 Å². The maximum Gasteiger partial charge on any atom is 0.332 e. The number of rotatable bonds is 4. The third kappa shape index (κ3) is 2.82. The molecule has 1 aliphatic heterocycles. The van der Waals surface area contributed by atoms with Crippen LogP contribution >= 0.6 is 0 Å². The number of hydrogen-bond acceptors (Lipinski definition) is 6. The molecule has 27 heavy (non-hydrogen) atoms. The second-order valence-corrected chi connectivity index (χ2v) is 6.57. The van der Waals surface area contributed by atoms with E-state index in [1.54, 1.807) is 0 Å². The lowest BCUT2D eigenvalue weighted by Crippen LogP contribution is -2.37. The van der Waals surface area contributed by atoms with Gasteiger partial charge < -0.3 is 9.88 Å². The summed E-state index contributed by atoms with van der Waals surface area (Å²) in [7, 11) is 2.93. The van der Waals surface area contributed by atoms with E-state index in [4.69, 9.17) is 0 Å². The summed E-state index contributed by atoms with van der Waals surface area (Å²) >= 11 is 0. The molecule has 0 bridgehead atoms. The summed E-state index contributed by atoms with van der Waals surface area (Å²) in [6, 6.07) is 3.00. The quantitative estimate of drug-likeness (QED) is 0.640. The molecule has 3 aromatic rings. The molecule has 140 valence electrons. The molecule has 0 aromatic carbocycles. The van der Waals surface area contributed by atoms with Crippen LogP contribution in [0.1, 0.15) is 28.6 Å². The molecule has 1 amide bonds. The molecule has 10 heteroatoms. The predicted molar refractivity (Wildman–Crippen MR) is 96.6 cm³/mol. The maximum absolute atomic E-state index is 12.4. The highest BCUT2D eigenvalue weighted by molar-refractivity contribution is 5.94. The lowest BCUT2D eigenvalue weighted by Gasteiger charge is -2.09. The number of aryl methyl sites for hydroxylation is 2. The molecular weight excluding hydrogens is 350 g/mol. The standard InChI is InChI=1S/C17H19N7O3/c1-22-14-10(16(26)23(2)17(22)27)5-6-11(19-14)15(25)18-8-7-13-21-20-12-4-3-9-24(12)13/h5-6H,3-4,7-9H2,1-2H3,(H,18,25). The molecule has 0 saturated carbocycles. The van der Waals surface area contributed by atoms with Gasteiger partial charge in [-0.1, -0.05) is 0 Å². The van der Waals surface area contributed by atoms with E-state index in [1.165, 1.54) is 30.8 Å². The highest BCUT2D eigenvalue weighted by Crippen LogP contribution is 2.14. The Morgan fingerprint density at radius 3 is 2.81 bits per heavy atom. The van der Waals surface area contributed by atoms with Crippen LogP contribution in [0.2, 0.25) is 0 Å². The SMILES string of the molecule is Cn1c(=O)c2ccc(C(=O)NCCc3nnc4n3CCC4)nc2n(C)c1=O. The van der Waals surface area contributed by atoms with Gasteiger partial charge in [-0.05, 0) is 18.6 Å². The number of fused-ring (bicyclic) bond motifs is 2. The van der Waals surface area contributed by atoms with Crippen LogP contribution in [-0.4, -0.2) is 41.3 Å². The molecule has 1 aliphatic rings. The van der Waals surface area contributed by atoms with Gasteiger partial charge in [-0.15, -0.1) is 10.2 Å². The minimum absolute atomic E-state index is 0.150. The van der Waals surface area contributed by atoms with Crippen LogP contribution in [0, 0.1) is 0 Å². The Balaban J connectivity index is 1.52. The van der Waals surface area contributed by atoms with Gasteiger partial charge in [0.25, 0.3) is 11.5 Å². The fraction of sp³-hybridized carbons (Fsp3) is 0.412. The van der Waals surface area contributed by atoms with Crippen molar-refractivity contribution in [1.82, 2.24) is 34.2 Å². The zero-order valence-corrected chi connectivity index (χ0v) is 15.1. The molecule has 0 atom stereocenters. The van der Waals surface area contributed by atoms with Crippen LogP contribution < -0.4 is 16.6 Å². The van der Waals surface area contributed by atoms with Crippen molar-refractivity contribution in [1.29, 1.82) is 0 Å². The number of carbonyl (C=O) groups is 1. The topological polar surface area (TPSA) is 117 Å². The van der Waals surface area contributed by atoms with Gasteiger partial charge in [0.1, 0.15) is 23.0 Å². The predicted octanol–water partition coefficient (Wildman–Crippen LogP) is -0.858. The van der Waals surface area contributed by atoms with Crippen molar-refractivity contribution in [2.45, 2.75) is 25.8 Å². The molecule has 0 aliphatic carbocycles. The second-order valence-electron chi connectivity index (χ2n) is 6.57. The van der Waals surface area contributed by atoms with Crippen molar-refractivity contribution in [3.8, 4) is 0 Å². The summed E-state index contributed by atoms with van der Waals surface area (Å²) in [6.45, 7) is 1.31. The van der Waals surface area contributed by atoms with Gasteiger partial charge in [0.05, 0.1) is 5.39 Å². The van der Waals surface area contributed by atoms with E-state index < -0.39 is 11.2 Å². The van der Waals surface area contributed by atoms with Crippen LogP contribution in [-0.2, 0) is 33.5 Å². The third-order valence-corrected chi connectivity index (χ3v) is 4.85. The third-order valence-electron chi connectivity index (χ3n) is 4.85. The second kappa shape index (κ2) is 6.45. The Morgan fingerprint density at radius 2 is 2.00 bits per heavy atom. The monoisotopic (exact) mass is 369 g/mol. The molecular formula is C17H19N7O3. The van der Waals surface area contributed by atoms with Crippen LogP contribution in [0.5, 0.6) is 0 Å². The molecule has 0 spiro atoms. The summed E-state index contributed by atoms with van der Waals surface area (Å²) in [6.07, 6.45) is 2.59. The highest BCUT2D eigenvalue weighted by atomic mass is 16.2. The molecule has 0 unspecified atom stereocenters. The van der Waals surface area contributed by atoms with Crippen molar-refractivity contribution in [2.24, 2.45) is 14.1 Å². The van der Waals surface area contributed by atoms with Crippen molar-refractivity contribution in [3.05, 3.63) is 50.3 Å². The van der Waals surface area contributed by atoms with Gasteiger partial charge in [0, 0.05) is 40.0 Å². The average molecular weight is 369 g/mol. The van der Waals surface area contributed by atoms with Crippen molar-refractivity contribution >= 4 is 16.9 Å². The highest BCUT2D eigenvalue weighted by Gasteiger charge is 2.18. The first-order valence-electron chi connectivity index (χ1n) is 8.73. The van der Waals surface area contributed by atoms with E-state index in [0.29, 0.717) is 13.0 Å². The summed E-state index contributed by atoms with van der Waals surface area (Å²) in [4.78, 5) is 40.9. The molecule has 4 heterocycles. The summed E-state index contributed by atoms with van der Waals surface area (Å²) < 4.78 is 4.36. The zero-order valence-electron chi connectivity index (χ0n) is 15.1. The van der Waals surface area contributed by atoms with E-state index in [1.807, 2.05) is 0 Å². The van der Waals surface area contributed by atoms with Gasteiger partial charge in [0.2, 0.25) is 0 Å². The Hall–Kier alpha value is -3.30. The van der Waals surface area contributed by atoms with Gasteiger partial charge in [0.15, 0.2) is 0 Å². The Labute approximate surface area is 153 Å². The molecule has 10 nitrogen and oxygen atoms in total. The minimum Gasteiger partial charge on any atom is -0.350 e. The zero-order chi connectivity index (χ0) is 19.1. The number of carbonyl (C=O) groups excluding carboxylic acids is 1. The molecule has 4 rings (SSSR count). The van der Waals surface area contributed by atoms with E-state index in [-0.39, 0.29) is 22.6 Å². The lowest BCUT2D eigenvalue weighted by atomic mass is 10.2. The fourth-order valence-corrected chi connectivity index (χ4v) is 3.35. The number of nitrogens with zero attached hydrogens (tertiary/aromatic N) is 6. The molecule has 1 N–H and O–H groups in total. The number of aromatic nitrogens is 6. The largest absolute Gasteiger partial charge is 0.350 e. The number of nitrogens with one attached hydrogen (secondary N) is 1. The minimum atomic E-state index is -0.488. The number of amides is 1. The van der Waals surface area contributed by atoms with Crippen molar-refractivity contribution < 1.29 is 4.79 Å². The van der Waals surface area contributed by atoms with Gasteiger partial charge in [-0.3, -0.25) is 18.7 Å². The summed E-state index contributed by atoms with van der Waals surface area (Å²) in [5.74, 6) is 1.49. The van der Waals surface area contributed by atoms with Crippen LogP contribution in [0.4, 0.5) is 0 Å². The Kier molecular flexibility index (Phi) is 4.09. The number of hydrogen-bond donors (Lipinski definition) is 1. The molecule has 3 aromatic heterocycles. The van der Waals surface area contributed by atoms with Gasteiger partial charge in [-0.25, -0.2) is 9.78 Å². The lowest BCUT2D eigenvalue weighted by molar-refractivity contribution is 0.0949. The first-order chi connectivity index (χ1) is 13.0. The average Bonchev–Trinajstić information content (AvgIpc) is 3.29. The van der Waals surface area contributed by atoms with E-state index >= 15 is 0 Å². The van der Waals surface area contributed by atoms with E-state index in [9.17, 15) is 14.4 Å². The number of pyridine rings is 1. The molecule has 0 saturated heterocycles. The van der Waals surface area contributed by atoms with Crippen LogP contribution in [0.15, 0.2) is 21.7 Å². The first kappa shape index (κ1) is 17.1. The maximum atomic E-state index is 12.4. The fourth-order valence-electron chi connectivity index (χ4n) is 3.35. The van der Waals surface area contributed by atoms with E-state index in [0.717, 1.165) is 35.6 Å². The molecule has 0 radical (unpaired) electrons. The van der Waals surface area contributed by atoms with Crippen molar-refractivity contribution in [2.75, 3.05) is 6.54 Å². The Bertz CT molecular complexity index is 1170.